The Balaban J connectivity index is 1.55. The van der Waals surface area contributed by atoms with E-state index in [2.05, 4.69) is 27.5 Å². The van der Waals surface area contributed by atoms with E-state index in [0.29, 0.717) is 13.1 Å². The fourth-order valence-corrected chi connectivity index (χ4v) is 4.40. The van der Waals surface area contributed by atoms with Crippen molar-refractivity contribution in [2.75, 3.05) is 18.4 Å². The van der Waals surface area contributed by atoms with Gasteiger partial charge in [-0.25, -0.2) is 4.79 Å². The summed E-state index contributed by atoms with van der Waals surface area (Å²) in [5.74, 6) is 0.835. The molecule has 3 aromatic rings. The number of hydrogen-bond acceptors (Lipinski definition) is 7. The van der Waals surface area contributed by atoms with Gasteiger partial charge >= 0.3 is 6.09 Å². The van der Waals surface area contributed by atoms with Crippen LogP contribution in [-0.2, 0) is 11.8 Å². The van der Waals surface area contributed by atoms with E-state index in [0.717, 1.165) is 37.5 Å². The second kappa shape index (κ2) is 6.05. The molecule has 4 heterocycles. The third-order valence-electron chi connectivity index (χ3n) is 4.74. The SMILES string of the molecule is Cc1nnc2sc3c(NC4CN(C(=O)OC(C)(C)C)C4)nn(C)c3c2c1C. The van der Waals surface area contributed by atoms with Crippen LogP contribution < -0.4 is 5.32 Å². The normalized spacial score (nSPS) is 15.4. The van der Waals surface area contributed by atoms with Gasteiger partial charge < -0.3 is 15.0 Å². The van der Waals surface area contributed by atoms with Gasteiger partial charge in [0.15, 0.2) is 5.82 Å². The smallest absolute Gasteiger partial charge is 0.410 e. The maximum Gasteiger partial charge on any atom is 0.410 e. The lowest BCUT2D eigenvalue weighted by Crippen LogP contribution is -2.58. The molecule has 0 saturated carbocycles. The Hall–Kier alpha value is -2.42. The molecule has 1 fully saturated rings. The van der Waals surface area contributed by atoms with Gasteiger partial charge in [0.05, 0.1) is 22.0 Å². The van der Waals surface area contributed by atoms with Crippen molar-refractivity contribution in [1.82, 2.24) is 24.9 Å². The number of rotatable bonds is 2. The minimum Gasteiger partial charge on any atom is -0.444 e. The molecule has 1 amide bonds. The fraction of sp³-hybridized carbons (Fsp3) is 0.556. The number of likely N-dealkylation sites (tertiary alicyclic amines) is 1. The van der Waals surface area contributed by atoms with Crippen LogP contribution in [0.15, 0.2) is 0 Å². The van der Waals surface area contributed by atoms with Gasteiger partial charge in [-0.3, -0.25) is 4.68 Å². The standard InChI is InChI=1S/C18H24N6O2S/c1-9-10(2)20-21-16-12(9)13-14(27-16)15(22-23(13)6)19-11-7-24(8-11)17(25)26-18(3,4)5/h11H,7-8H2,1-6H3,(H,19,22). The summed E-state index contributed by atoms with van der Waals surface area (Å²) < 4.78 is 8.38. The number of ether oxygens (including phenoxy) is 1. The van der Waals surface area contributed by atoms with Crippen LogP contribution in [-0.4, -0.2) is 55.7 Å². The zero-order valence-electron chi connectivity index (χ0n) is 16.5. The molecule has 0 radical (unpaired) electrons. The van der Waals surface area contributed by atoms with E-state index in [9.17, 15) is 4.79 Å². The monoisotopic (exact) mass is 388 g/mol. The highest BCUT2D eigenvalue weighted by Gasteiger charge is 2.34. The first-order valence-corrected chi connectivity index (χ1v) is 9.79. The Labute approximate surface area is 161 Å². The molecule has 0 aliphatic carbocycles. The first kappa shape index (κ1) is 18.0. The first-order chi connectivity index (χ1) is 12.6. The molecule has 0 bridgehead atoms. The lowest BCUT2D eigenvalue weighted by molar-refractivity contribution is 0.0105. The summed E-state index contributed by atoms with van der Waals surface area (Å²) in [4.78, 5) is 14.7. The molecule has 8 nitrogen and oxygen atoms in total. The van der Waals surface area contributed by atoms with Gasteiger partial charge in [-0.15, -0.1) is 16.4 Å². The highest BCUT2D eigenvalue weighted by molar-refractivity contribution is 7.26. The minimum atomic E-state index is -0.475. The number of thiophene rings is 1. The van der Waals surface area contributed by atoms with E-state index in [-0.39, 0.29) is 12.1 Å². The molecule has 0 spiro atoms. The number of aryl methyl sites for hydroxylation is 3. The number of amides is 1. The Morgan fingerprint density at radius 2 is 1.96 bits per heavy atom. The summed E-state index contributed by atoms with van der Waals surface area (Å²) in [6, 6.07) is 0.162. The van der Waals surface area contributed by atoms with Crippen molar-refractivity contribution in [1.29, 1.82) is 0 Å². The lowest BCUT2D eigenvalue weighted by atomic mass is 10.1. The summed E-state index contributed by atoms with van der Waals surface area (Å²) in [7, 11) is 1.95. The van der Waals surface area contributed by atoms with Crippen molar-refractivity contribution in [3.63, 3.8) is 0 Å². The maximum atomic E-state index is 12.1. The van der Waals surface area contributed by atoms with Crippen molar-refractivity contribution < 1.29 is 9.53 Å². The van der Waals surface area contributed by atoms with Crippen molar-refractivity contribution in [3.05, 3.63) is 11.3 Å². The molecule has 144 valence electrons. The highest BCUT2D eigenvalue weighted by Crippen LogP contribution is 2.39. The molecule has 1 saturated heterocycles. The van der Waals surface area contributed by atoms with Crippen LogP contribution >= 0.6 is 11.3 Å². The van der Waals surface area contributed by atoms with E-state index in [4.69, 9.17) is 4.74 Å². The first-order valence-electron chi connectivity index (χ1n) is 8.97. The number of carbonyl (C=O) groups excluding carboxylic acids is 1. The molecule has 1 aliphatic rings. The van der Waals surface area contributed by atoms with Crippen molar-refractivity contribution in [2.45, 2.75) is 46.3 Å². The van der Waals surface area contributed by atoms with E-state index in [1.54, 1.807) is 16.2 Å². The largest absolute Gasteiger partial charge is 0.444 e. The fourth-order valence-electron chi connectivity index (χ4n) is 3.24. The number of nitrogens with one attached hydrogen (secondary N) is 1. The average molecular weight is 388 g/mol. The summed E-state index contributed by atoms with van der Waals surface area (Å²) >= 11 is 1.60. The van der Waals surface area contributed by atoms with Gasteiger partial charge in [0.1, 0.15) is 10.4 Å². The van der Waals surface area contributed by atoms with Gasteiger partial charge in [0.2, 0.25) is 0 Å². The van der Waals surface area contributed by atoms with Crippen molar-refractivity contribution in [3.8, 4) is 0 Å². The molecule has 27 heavy (non-hydrogen) atoms. The van der Waals surface area contributed by atoms with Gasteiger partial charge in [-0.2, -0.15) is 10.2 Å². The number of carbonyl (C=O) groups is 1. The molecule has 0 aromatic carbocycles. The maximum absolute atomic E-state index is 12.1. The van der Waals surface area contributed by atoms with E-state index < -0.39 is 5.60 Å². The molecule has 0 atom stereocenters. The third-order valence-corrected chi connectivity index (χ3v) is 5.81. The molecule has 0 unspecified atom stereocenters. The van der Waals surface area contributed by atoms with Crippen molar-refractivity contribution >= 4 is 43.7 Å². The van der Waals surface area contributed by atoms with Gasteiger partial charge in [-0.1, -0.05) is 0 Å². The highest BCUT2D eigenvalue weighted by atomic mass is 32.1. The van der Waals surface area contributed by atoms with Crippen LogP contribution in [0.4, 0.5) is 10.6 Å². The quantitative estimate of drug-likeness (QED) is 0.725. The Morgan fingerprint density at radius 1 is 1.26 bits per heavy atom. The number of anilines is 1. The van der Waals surface area contributed by atoms with Crippen LogP contribution in [0.5, 0.6) is 0 Å². The predicted octanol–water partition coefficient (Wildman–Crippen LogP) is 3.23. The zero-order valence-corrected chi connectivity index (χ0v) is 17.3. The minimum absolute atomic E-state index is 0.162. The number of nitrogens with zero attached hydrogens (tertiary/aromatic N) is 5. The Morgan fingerprint density at radius 3 is 2.63 bits per heavy atom. The predicted molar refractivity (Wildman–Crippen MR) is 106 cm³/mol. The van der Waals surface area contributed by atoms with Crippen LogP contribution in [0.2, 0.25) is 0 Å². The molecule has 3 aromatic heterocycles. The molecular weight excluding hydrogens is 364 g/mol. The summed E-state index contributed by atoms with van der Waals surface area (Å²) in [6.45, 7) is 10.9. The van der Waals surface area contributed by atoms with Crippen LogP contribution in [0.25, 0.3) is 20.4 Å². The topological polar surface area (TPSA) is 85.2 Å². The Kier molecular flexibility index (Phi) is 4.03. The van der Waals surface area contributed by atoms with Gasteiger partial charge in [0, 0.05) is 25.5 Å². The van der Waals surface area contributed by atoms with Crippen LogP contribution in [0.1, 0.15) is 32.0 Å². The van der Waals surface area contributed by atoms with Crippen molar-refractivity contribution in [2.24, 2.45) is 7.05 Å². The zero-order chi connectivity index (χ0) is 19.5. The van der Waals surface area contributed by atoms with E-state index >= 15 is 0 Å². The summed E-state index contributed by atoms with van der Waals surface area (Å²) in [5, 5.41) is 17.8. The van der Waals surface area contributed by atoms with E-state index in [1.807, 2.05) is 39.4 Å². The van der Waals surface area contributed by atoms with Crippen LogP contribution in [0, 0.1) is 13.8 Å². The van der Waals surface area contributed by atoms with Gasteiger partial charge in [-0.05, 0) is 40.2 Å². The third kappa shape index (κ3) is 3.09. The van der Waals surface area contributed by atoms with E-state index in [1.165, 1.54) is 0 Å². The molecule has 9 heteroatoms. The molecule has 4 rings (SSSR count). The number of fused-ring (bicyclic) bond motifs is 3. The summed E-state index contributed by atoms with van der Waals surface area (Å²) in [6.07, 6.45) is -0.269. The van der Waals surface area contributed by atoms with Gasteiger partial charge in [0.25, 0.3) is 0 Å². The average Bonchev–Trinajstić information content (AvgIpc) is 3.03. The number of hydrogen-bond donors (Lipinski definition) is 1. The lowest BCUT2D eigenvalue weighted by Gasteiger charge is -2.40. The number of aromatic nitrogens is 4. The summed E-state index contributed by atoms with van der Waals surface area (Å²) in [5.41, 5.74) is 2.68. The second-order valence-corrected chi connectivity index (χ2v) is 9.07. The Bertz CT molecular complexity index is 1040. The van der Waals surface area contributed by atoms with Crippen LogP contribution in [0.3, 0.4) is 0 Å². The molecule has 1 N–H and O–H groups in total. The molecule has 1 aliphatic heterocycles. The second-order valence-electron chi connectivity index (χ2n) is 8.07. The molecular formula is C18H24N6O2S.